The molecule has 0 spiro atoms. The van der Waals surface area contributed by atoms with Crippen LogP contribution >= 0.6 is 0 Å². The maximum atomic E-state index is 13.4. The van der Waals surface area contributed by atoms with E-state index < -0.39 is 17.7 Å². The summed E-state index contributed by atoms with van der Waals surface area (Å²) >= 11 is 0. The molecule has 8 heteroatoms. The summed E-state index contributed by atoms with van der Waals surface area (Å²) in [7, 11) is 5.48. The molecule has 1 N–H and O–H groups in total. The van der Waals surface area contributed by atoms with Crippen molar-refractivity contribution in [2.75, 3.05) is 47.5 Å². The van der Waals surface area contributed by atoms with E-state index in [4.69, 9.17) is 14.2 Å². The number of carbonyl (C=O) groups is 2. The highest BCUT2D eigenvalue weighted by molar-refractivity contribution is 6.46. The number of ether oxygens (including phenoxy) is 3. The van der Waals surface area contributed by atoms with Gasteiger partial charge in [-0.15, -0.1) is 0 Å². The molecular formula is C30H40N2O6. The van der Waals surface area contributed by atoms with Crippen LogP contribution in [0.2, 0.25) is 0 Å². The summed E-state index contributed by atoms with van der Waals surface area (Å²) in [5.41, 5.74) is 1.13. The largest absolute Gasteiger partial charge is 0.507 e. The van der Waals surface area contributed by atoms with Gasteiger partial charge in [0.15, 0.2) is 11.5 Å². The van der Waals surface area contributed by atoms with Crippen molar-refractivity contribution in [1.82, 2.24) is 9.80 Å². The van der Waals surface area contributed by atoms with Crippen molar-refractivity contribution in [3.8, 4) is 17.2 Å². The first-order valence-electron chi connectivity index (χ1n) is 13.3. The summed E-state index contributed by atoms with van der Waals surface area (Å²) in [4.78, 5) is 30.2. The van der Waals surface area contributed by atoms with Gasteiger partial charge in [0.1, 0.15) is 11.5 Å². The fourth-order valence-electron chi connectivity index (χ4n) is 4.42. The number of rotatable bonds is 14. The lowest BCUT2D eigenvalue weighted by Crippen LogP contribution is -2.32. The lowest BCUT2D eigenvalue weighted by Gasteiger charge is -2.26. The Morgan fingerprint density at radius 1 is 0.974 bits per heavy atom. The lowest BCUT2D eigenvalue weighted by molar-refractivity contribution is -0.139. The van der Waals surface area contributed by atoms with Crippen LogP contribution in [-0.2, 0) is 9.59 Å². The predicted octanol–water partition coefficient (Wildman–Crippen LogP) is 5.04. The number of unbranched alkanes of at least 4 members (excludes halogenated alkanes) is 1. The summed E-state index contributed by atoms with van der Waals surface area (Å²) in [6.45, 7) is 6.31. The third-order valence-corrected chi connectivity index (χ3v) is 6.38. The van der Waals surface area contributed by atoms with Gasteiger partial charge in [-0.25, -0.2) is 0 Å². The molecule has 1 fully saturated rings. The minimum Gasteiger partial charge on any atom is -0.507 e. The van der Waals surface area contributed by atoms with E-state index in [2.05, 4.69) is 6.92 Å². The van der Waals surface area contributed by atoms with E-state index in [1.54, 1.807) is 48.4 Å². The molecule has 206 valence electrons. The van der Waals surface area contributed by atoms with Crippen LogP contribution in [-0.4, -0.2) is 74.1 Å². The molecule has 1 amide bonds. The molecule has 1 unspecified atom stereocenters. The normalized spacial score (nSPS) is 16.8. The SMILES string of the molecule is CCCCOc1ccc(C2C(=C(O)c3cccc(OCCC)c3)C(=O)C(=O)N2CCCN(C)C)cc1OC. The van der Waals surface area contributed by atoms with Crippen LogP contribution in [0, 0.1) is 0 Å². The maximum Gasteiger partial charge on any atom is 0.295 e. The Labute approximate surface area is 225 Å². The molecule has 1 atom stereocenters. The number of benzene rings is 2. The number of nitrogens with zero attached hydrogens (tertiary/aromatic N) is 2. The van der Waals surface area contributed by atoms with E-state index in [0.29, 0.717) is 54.6 Å². The van der Waals surface area contributed by atoms with Crippen LogP contribution < -0.4 is 14.2 Å². The van der Waals surface area contributed by atoms with Gasteiger partial charge in [-0.05, 0) is 69.7 Å². The molecule has 8 nitrogen and oxygen atoms in total. The number of ketones is 1. The zero-order chi connectivity index (χ0) is 27.7. The molecule has 1 saturated heterocycles. The Balaban J connectivity index is 2.08. The first-order chi connectivity index (χ1) is 18.3. The molecule has 3 rings (SSSR count). The summed E-state index contributed by atoms with van der Waals surface area (Å²) in [6.07, 6.45) is 3.44. The van der Waals surface area contributed by atoms with Crippen molar-refractivity contribution in [3.05, 3.63) is 59.2 Å². The Hall–Kier alpha value is -3.52. The van der Waals surface area contributed by atoms with E-state index >= 15 is 0 Å². The number of carbonyl (C=O) groups excluding carboxylic acids is 2. The second kappa shape index (κ2) is 13.9. The van der Waals surface area contributed by atoms with Crippen LogP contribution in [0.15, 0.2) is 48.0 Å². The van der Waals surface area contributed by atoms with Crippen molar-refractivity contribution in [3.63, 3.8) is 0 Å². The molecule has 2 aromatic rings. The van der Waals surface area contributed by atoms with Gasteiger partial charge >= 0.3 is 0 Å². The van der Waals surface area contributed by atoms with Gasteiger partial charge in [-0.3, -0.25) is 9.59 Å². The Morgan fingerprint density at radius 2 is 1.76 bits per heavy atom. The fraction of sp³-hybridized carbons (Fsp3) is 0.467. The molecule has 2 aromatic carbocycles. The zero-order valence-electron chi connectivity index (χ0n) is 23.2. The van der Waals surface area contributed by atoms with Crippen LogP contribution in [0.1, 0.15) is 56.7 Å². The monoisotopic (exact) mass is 524 g/mol. The highest BCUT2D eigenvalue weighted by Crippen LogP contribution is 2.42. The van der Waals surface area contributed by atoms with Gasteiger partial charge in [-0.1, -0.05) is 38.5 Å². The van der Waals surface area contributed by atoms with Crippen molar-refractivity contribution >= 4 is 17.4 Å². The summed E-state index contributed by atoms with van der Waals surface area (Å²) < 4.78 is 17.2. The smallest absolute Gasteiger partial charge is 0.295 e. The molecule has 0 aromatic heterocycles. The van der Waals surface area contributed by atoms with E-state index in [9.17, 15) is 14.7 Å². The second-order valence-corrected chi connectivity index (χ2v) is 9.64. The molecule has 1 aliphatic rings. The summed E-state index contributed by atoms with van der Waals surface area (Å²) in [5, 5.41) is 11.4. The Kier molecular flexibility index (Phi) is 10.6. The number of Topliss-reactive ketones (excluding diaryl/α,β-unsaturated/α-hetero) is 1. The zero-order valence-corrected chi connectivity index (χ0v) is 23.2. The van der Waals surface area contributed by atoms with Gasteiger partial charge in [0, 0.05) is 12.1 Å². The quantitative estimate of drug-likeness (QED) is 0.160. The maximum absolute atomic E-state index is 13.4. The van der Waals surface area contributed by atoms with Gasteiger partial charge in [0.05, 0.1) is 31.9 Å². The van der Waals surface area contributed by atoms with Crippen LogP contribution in [0.3, 0.4) is 0 Å². The highest BCUT2D eigenvalue weighted by Gasteiger charge is 2.46. The molecule has 0 bridgehead atoms. The fourth-order valence-corrected chi connectivity index (χ4v) is 4.42. The van der Waals surface area contributed by atoms with E-state index in [1.807, 2.05) is 32.0 Å². The number of likely N-dealkylation sites (tertiary alicyclic amines) is 1. The standard InChI is InChI=1S/C30H40N2O6/c1-6-8-18-38-24-14-13-21(20-25(24)36-5)27-26(29(34)30(35)32(27)16-10-15-31(3)4)28(33)22-11-9-12-23(19-22)37-17-7-2/h9,11-14,19-20,27,33H,6-8,10,15-18H2,1-5H3. The first kappa shape index (κ1) is 29.0. The van der Waals surface area contributed by atoms with Gasteiger partial charge in [0.2, 0.25) is 0 Å². The minimum absolute atomic E-state index is 0.0502. The van der Waals surface area contributed by atoms with E-state index in [0.717, 1.165) is 25.8 Å². The molecule has 38 heavy (non-hydrogen) atoms. The average Bonchev–Trinajstić information content (AvgIpc) is 3.16. The van der Waals surface area contributed by atoms with Crippen molar-refractivity contribution < 1.29 is 28.9 Å². The third-order valence-electron chi connectivity index (χ3n) is 6.38. The number of aliphatic hydroxyl groups excluding tert-OH is 1. The predicted molar refractivity (Wildman–Crippen MR) is 148 cm³/mol. The van der Waals surface area contributed by atoms with Crippen molar-refractivity contribution in [2.45, 2.75) is 45.6 Å². The van der Waals surface area contributed by atoms with Crippen molar-refractivity contribution in [1.29, 1.82) is 0 Å². The van der Waals surface area contributed by atoms with Crippen molar-refractivity contribution in [2.24, 2.45) is 0 Å². The highest BCUT2D eigenvalue weighted by atomic mass is 16.5. The minimum atomic E-state index is -0.768. The number of hydrogen-bond acceptors (Lipinski definition) is 7. The summed E-state index contributed by atoms with van der Waals surface area (Å²) in [6, 6.07) is 11.6. The third kappa shape index (κ3) is 6.86. The van der Waals surface area contributed by atoms with Crippen LogP contribution in [0.25, 0.3) is 5.76 Å². The number of aliphatic hydroxyl groups is 1. The van der Waals surface area contributed by atoms with E-state index in [1.165, 1.54) is 0 Å². The van der Waals surface area contributed by atoms with Gasteiger partial charge in [0.25, 0.3) is 11.7 Å². The summed E-state index contributed by atoms with van der Waals surface area (Å²) in [5.74, 6) is 0.119. The van der Waals surface area contributed by atoms with Crippen LogP contribution in [0.5, 0.6) is 17.2 Å². The van der Waals surface area contributed by atoms with Gasteiger partial charge < -0.3 is 29.1 Å². The molecular weight excluding hydrogens is 484 g/mol. The Bertz CT molecular complexity index is 1140. The number of methoxy groups -OCH3 is 1. The number of hydrogen-bond donors (Lipinski definition) is 1. The molecule has 0 radical (unpaired) electrons. The average molecular weight is 525 g/mol. The van der Waals surface area contributed by atoms with Gasteiger partial charge in [-0.2, -0.15) is 0 Å². The van der Waals surface area contributed by atoms with Crippen LogP contribution in [0.4, 0.5) is 0 Å². The Morgan fingerprint density at radius 3 is 2.45 bits per heavy atom. The lowest BCUT2D eigenvalue weighted by atomic mass is 9.95. The number of amides is 1. The first-order valence-corrected chi connectivity index (χ1v) is 13.3. The molecule has 1 heterocycles. The topological polar surface area (TPSA) is 88.5 Å². The molecule has 1 aliphatic heterocycles. The van der Waals surface area contributed by atoms with E-state index in [-0.39, 0.29) is 11.3 Å². The molecule has 0 aliphatic carbocycles. The molecule has 0 saturated carbocycles. The second-order valence-electron chi connectivity index (χ2n) is 9.64.